The first-order chi connectivity index (χ1) is 13.6. The lowest BCUT2D eigenvalue weighted by atomic mass is 9.82. The average molecular weight is 384 g/mol. The first-order valence-corrected chi connectivity index (χ1v) is 8.57. The Morgan fingerprint density at radius 2 is 1.64 bits per heavy atom. The second-order valence-corrected chi connectivity index (χ2v) is 6.47. The van der Waals surface area contributed by atoms with Gasteiger partial charge in [0.25, 0.3) is 0 Å². The molecule has 5 rings (SSSR count). The topological polar surface area (TPSA) is 92.7 Å². The third-order valence-corrected chi connectivity index (χ3v) is 5.03. The number of hydrogen-bond acceptors (Lipinski definition) is 8. The van der Waals surface area contributed by atoms with E-state index in [1.165, 1.54) is 14.2 Å². The van der Waals surface area contributed by atoms with Gasteiger partial charge in [-0.3, -0.25) is 0 Å². The molecule has 1 N–H and O–H groups in total. The highest BCUT2D eigenvalue weighted by molar-refractivity contribution is 5.95. The minimum absolute atomic E-state index is 0.0604. The molecule has 0 aromatic heterocycles. The predicted octanol–water partition coefficient (Wildman–Crippen LogP) is 2.47. The Balaban J connectivity index is 1.75. The van der Waals surface area contributed by atoms with Crippen molar-refractivity contribution in [3.8, 4) is 34.5 Å². The minimum Gasteiger partial charge on any atom is -0.502 e. The van der Waals surface area contributed by atoms with Gasteiger partial charge in [-0.15, -0.1) is 0 Å². The van der Waals surface area contributed by atoms with Crippen LogP contribution < -0.4 is 23.7 Å². The number of esters is 1. The monoisotopic (exact) mass is 384 g/mol. The van der Waals surface area contributed by atoms with E-state index in [1.807, 2.05) is 0 Å². The lowest BCUT2D eigenvalue weighted by molar-refractivity contribution is -0.136. The van der Waals surface area contributed by atoms with Crippen LogP contribution in [0.1, 0.15) is 17.0 Å². The van der Waals surface area contributed by atoms with Crippen molar-refractivity contribution in [3.05, 3.63) is 46.7 Å². The summed E-state index contributed by atoms with van der Waals surface area (Å²) >= 11 is 0. The maximum absolute atomic E-state index is 12.5. The van der Waals surface area contributed by atoms with Crippen molar-refractivity contribution in [2.75, 3.05) is 27.6 Å². The Hall–Kier alpha value is -3.55. The normalized spacial score (nSPS) is 18.9. The summed E-state index contributed by atoms with van der Waals surface area (Å²) < 4.78 is 32.6. The van der Waals surface area contributed by atoms with Crippen molar-refractivity contribution in [2.24, 2.45) is 0 Å². The number of fused-ring (bicyclic) bond motifs is 2. The molecule has 1 atom stereocenters. The lowest BCUT2D eigenvalue weighted by Crippen LogP contribution is -2.18. The Kier molecular flexibility index (Phi) is 3.55. The van der Waals surface area contributed by atoms with Crippen LogP contribution in [-0.2, 0) is 9.53 Å². The summed E-state index contributed by atoms with van der Waals surface area (Å²) in [6, 6.07) is 6.87. The molecule has 2 aromatic rings. The largest absolute Gasteiger partial charge is 0.502 e. The zero-order valence-electron chi connectivity index (χ0n) is 15.1. The Bertz CT molecular complexity index is 1010. The number of benzene rings is 2. The molecule has 0 saturated carbocycles. The van der Waals surface area contributed by atoms with E-state index < -0.39 is 11.9 Å². The van der Waals surface area contributed by atoms with Gasteiger partial charge in [-0.05, 0) is 23.8 Å². The summed E-state index contributed by atoms with van der Waals surface area (Å²) in [5, 5.41) is 10.3. The number of phenols is 1. The molecule has 3 aliphatic heterocycles. The Morgan fingerprint density at radius 3 is 2.32 bits per heavy atom. The van der Waals surface area contributed by atoms with Gasteiger partial charge in [-0.1, -0.05) is 0 Å². The molecule has 28 heavy (non-hydrogen) atoms. The Morgan fingerprint density at radius 1 is 0.964 bits per heavy atom. The number of hydrogen-bond donors (Lipinski definition) is 1. The van der Waals surface area contributed by atoms with Gasteiger partial charge in [0.05, 0.1) is 19.8 Å². The third kappa shape index (κ3) is 2.27. The second kappa shape index (κ2) is 5.98. The lowest BCUT2D eigenvalue weighted by Gasteiger charge is -2.27. The third-order valence-electron chi connectivity index (χ3n) is 5.03. The van der Waals surface area contributed by atoms with E-state index in [0.717, 1.165) is 5.56 Å². The summed E-state index contributed by atoms with van der Waals surface area (Å²) in [5.74, 6) is 1.54. The summed E-state index contributed by atoms with van der Waals surface area (Å²) in [6.07, 6.45) is 0. The van der Waals surface area contributed by atoms with Crippen LogP contribution in [0.2, 0.25) is 0 Å². The van der Waals surface area contributed by atoms with Crippen LogP contribution in [0.3, 0.4) is 0 Å². The number of methoxy groups -OCH3 is 2. The molecule has 0 bridgehead atoms. The van der Waals surface area contributed by atoms with Gasteiger partial charge in [-0.25, -0.2) is 4.79 Å². The van der Waals surface area contributed by atoms with Gasteiger partial charge in [0.1, 0.15) is 12.4 Å². The van der Waals surface area contributed by atoms with Crippen LogP contribution in [-0.4, -0.2) is 38.7 Å². The molecular weight excluding hydrogens is 368 g/mol. The fraction of sp³-hybridized carbons (Fsp3) is 0.250. The second-order valence-electron chi connectivity index (χ2n) is 6.47. The van der Waals surface area contributed by atoms with Crippen molar-refractivity contribution >= 4 is 5.97 Å². The van der Waals surface area contributed by atoms with E-state index in [2.05, 4.69) is 0 Å². The van der Waals surface area contributed by atoms with Crippen molar-refractivity contribution in [3.63, 3.8) is 0 Å². The number of aromatic hydroxyl groups is 1. The fourth-order valence-electron chi connectivity index (χ4n) is 3.73. The van der Waals surface area contributed by atoms with Crippen LogP contribution in [0.15, 0.2) is 35.6 Å². The fourth-order valence-corrected chi connectivity index (χ4v) is 3.73. The summed E-state index contributed by atoms with van der Waals surface area (Å²) in [7, 11) is 2.89. The van der Waals surface area contributed by atoms with Crippen molar-refractivity contribution < 1.29 is 38.3 Å². The molecule has 0 unspecified atom stereocenters. The first-order valence-electron chi connectivity index (χ1n) is 8.57. The maximum atomic E-state index is 12.5. The predicted molar refractivity (Wildman–Crippen MR) is 94.2 cm³/mol. The Labute approximate surface area is 159 Å². The average Bonchev–Trinajstić information content (AvgIpc) is 3.31. The number of carbonyl (C=O) groups excluding carboxylic acids is 1. The molecule has 0 aliphatic carbocycles. The van der Waals surface area contributed by atoms with Crippen LogP contribution in [0, 0.1) is 0 Å². The highest BCUT2D eigenvalue weighted by Crippen LogP contribution is 2.52. The zero-order chi connectivity index (χ0) is 19.4. The van der Waals surface area contributed by atoms with E-state index in [-0.39, 0.29) is 30.6 Å². The quantitative estimate of drug-likeness (QED) is 0.807. The molecule has 8 heteroatoms. The van der Waals surface area contributed by atoms with Crippen LogP contribution in [0.25, 0.3) is 0 Å². The van der Waals surface area contributed by atoms with Crippen molar-refractivity contribution in [1.82, 2.24) is 0 Å². The van der Waals surface area contributed by atoms with Crippen LogP contribution in [0.5, 0.6) is 34.5 Å². The first kappa shape index (κ1) is 16.6. The van der Waals surface area contributed by atoms with E-state index in [1.54, 1.807) is 24.3 Å². The molecule has 2 aromatic carbocycles. The van der Waals surface area contributed by atoms with Crippen LogP contribution >= 0.6 is 0 Å². The molecular formula is C20H16O8. The number of rotatable bonds is 3. The van der Waals surface area contributed by atoms with Crippen molar-refractivity contribution in [2.45, 2.75) is 5.92 Å². The van der Waals surface area contributed by atoms with Gasteiger partial charge in [0, 0.05) is 17.5 Å². The molecule has 0 amide bonds. The maximum Gasteiger partial charge on any atom is 0.339 e. The van der Waals surface area contributed by atoms with E-state index in [9.17, 15) is 9.90 Å². The van der Waals surface area contributed by atoms with Gasteiger partial charge < -0.3 is 33.5 Å². The van der Waals surface area contributed by atoms with Crippen molar-refractivity contribution in [1.29, 1.82) is 0 Å². The van der Waals surface area contributed by atoms with Crippen LogP contribution in [0.4, 0.5) is 0 Å². The molecule has 0 fully saturated rings. The molecule has 144 valence electrons. The molecule has 8 nitrogen and oxygen atoms in total. The SMILES string of the molecule is COc1cc([C@@H]2C3=C(COC3=O)Oc3cc4c(cc32)OCO4)cc(OC)c1O. The van der Waals surface area contributed by atoms with E-state index >= 15 is 0 Å². The molecule has 3 heterocycles. The number of phenolic OH excluding ortho intramolecular Hbond substituents is 1. The van der Waals surface area contributed by atoms with E-state index in [4.69, 9.17) is 28.4 Å². The van der Waals surface area contributed by atoms with Gasteiger partial charge >= 0.3 is 5.97 Å². The summed E-state index contributed by atoms with van der Waals surface area (Å²) in [5.41, 5.74) is 1.80. The van der Waals surface area contributed by atoms with Gasteiger partial charge in [0.15, 0.2) is 28.8 Å². The zero-order valence-corrected chi connectivity index (χ0v) is 15.1. The smallest absolute Gasteiger partial charge is 0.339 e. The number of cyclic esters (lactones) is 1. The highest BCUT2D eigenvalue weighted by Gasteiger charge is 2.41. The van der Waals surface area contributed by atoms with Gasteiger partial charge in [-0.2, -0.15) is 0 Å². The highest BCUT2D eigenvalue weighted by atomic mass is 16.7. The van der Waals surface area contributed by atoms with Gasteiger partial charge in [0.2, 0.25) is 12.5 Å². The molecule has 0 spiro atoms. The summed E-state index contributed by atoms with van der Waals surface area (Å²) in [6.45, 7) is 0.184. The molecule has 0 saturated heterocycles. The van der Waals surface area contributed by atoms with E-state index in [0.29, 0.717) is 34.1 Å². The summed E-state index contributed by atoms with van der Waals surface area (Å²) in [4.78, 5) is 12.5. The molecule has 3 aliphatic rings. The molecule has 0 radical (unpaired) electrons. The number of carbonyl (C=O) groups is 1. The minimum atomic E-state index is -0.508. The standard InChI is InChI=1S/C20H16O8/c1-23-14-3-9(4-15(24-2)19(14)21)17-10-5-12-13(27-8-26-12)6-11(10)28-16-7-25-20(22)18(16)17/h3-6,17,21H,7-8H2,1-2H3/t17-/m0/s1. The number of ether oxygens (including phenoxy) is 6.